The average Bonchev–Trinajstić information content (AvgIpc) is 2.46. The van der Waals surface area contributed by atoms with Crippen molar-refractivity contribution in [3.63, 3.8) is 0 Å². The highest BCUT2D eigenvalue weighted by molar-refractivity contribution is 5.59. The molecule has 4 nitrogen and oxygen atoms in total. The molecular weight excluding hydrogens is 240 g/mol. The summed E-state index contributed by atoms with van der Waals surface area (Å²) in [6.45, 7) is 2.67. The molecule has 0 unspecified atom stereocenters. The fraction of sp³-hybridized carbons (Fsp3) is 0.267. The van der Waals surface area contributed by atoms with Gasteiger partial charge in [0, 0.05) is 24.5 Å². The monoisotopic (exact) mass is 258 g/mol. The fourth-order valence-electron chi connectivity index (χ4n) is 1.75. The Hall–Kier alpha value is -2.23. The summed E-state index contributed by atoms with van der Waals surface area (Å²) in [5, 5.41) is 3.33. The average molecular weight is 258 g/mol. The Morgan fingerprint density at radius 3 is 2.58 bits per heavy atom. The van der Waals surface area contributed by atoms with Gasteiger partial charge in [-0.15, -0.1) is 0 Å². The van der Waals surface area contributed by atoms with Crippen molar-refractivity contribution in [2.24, 2.45) is 0 Å². The van der Waals surface area contributed by atoms with Crippen LogP contribution in [0.15, 0.2) is 36.5 Å². The van der Waals surface area contributed by atoms with Crippen molar-refractivity contribution in [2.75, 3.05) is 19.5 Å². The predicted molar refractivity (Wildman–Crippen MR) is 75.8 cm³/mol. The van der Waals surface area contributed by atoms with E-state index in [2.05, 4.69) is 16.4 Å². The molecule has 0 aliphatic carbocycles. The first-order valence-corrected chi connectivity index (χ1v) is 6.10. The van der Waals surface area contributed by atoms with Crippen LogP contribution in [-0.4, -0.2) is 19.2 Å². The van der Waals surface area contributed by atoms with Crippen molar-refractivity contribution in [3.8, 4) is 11.5 Å². The second kappa shape index (κ2) is 6.09. The molecular formula is C15H18N2O2. The van der Waals surface area contributed by atoms with Crippen molar-refractivity contribution >= 4 is 5.69 Å². The highest BCUT2D eigenvalue weighted by Gasteiger charge is 2.04. The quantitative estimate of drug-likeness (QED) is 0.895. The molecule has 0 atom stereocenters. The molecule has 4 heteroatoms. The van der Waals surface area contributed by atoms with E-state index in [4.69, 9.17) is 9.47 Å². The minimum Gasteiger partial charge on any atom is -0.497 e. The minimum atomic E-state index is 0.691. The molecule has 2 rings (SSSR count). The van der Waals surface area contributed by atoms with E-state index in [1.165, 1.54) is 0 Å². The molecule has 0 radical (unpaired) electrons. The van der Waals surface area contributed by atoms with Crippen LogP contribution < -0.4 is 14.8 Å². The number of nitrogens with zero attached hydrogens (tertiary/aromatic N) is 1. The van der Waals surface area contributed by atoms with Gasteiger partial charge in [-0.3, -0.25) is 4.98 Å². The third-order valence-corrected chi connectivity index (χ3v) is 2.86. The van der Waals surface area contributed by atoms with Crippen LogP contribution >= 0.6 is 0 Å². The zero-order valence-electron chi connectivity index (χ0n) is 11.4. The van der Waals surface area contributed by atoms with Gasteiger partial charge in [0.15, 0.2) is 0 Å². The van der Waals surface area contributed by atoms with E-state index in [-0.39, 0.29) is 0 Å². The summed E-state index contributed by atoms with van der Waals surface area (Å²) in [6, 6.07) is 9.73. The van der Waals surface area contributed by atoms with Gasteiger partial charge in [0.1, 0.15) is 11.5 Å². The molecule has 0 fully saturated rings. The van der Waals surface area contributed by atoms with Gasteiger partial charge in [0.25, 0.3) is 0 Å². The first-order chi connectivity index (χ1) is 9.22. The third-order valence-electron chi connectivity index (χ3n) is 2.86. The summed E-state index contributed by atoms with van der Waals surface area (Å²) in [7, 11) is 3.30. The van der Waals surface area contributed by atoms with Gasteiger partial charge in [0.05, 0.1) is 19.9 Å². The van der Waals surface area contributed by atoms with Gasteiger partial charge in [-0.2, -0.15) is 0 Å². The smallest absolute Gasteiger partial charge is 0.142 e. The van der Waals surface area contributed by atoms with Crippen LogP contribution in [0.3, 0.4) is 0 Å². The van der Waals surface area contributed by atoms with E-state index < -0.39 is 0 Å². The first kappa shape index (κ1) is 13.2. The summed E-state index contributed by atoms with van der Waals surface area (Å²) >= 11 is 0. The van der Waals surface area contributed by atoms with Gasteiger partial charge in [-0.05, 0) is 30.7 Å². The van der Waals surface area contributed by atoms with E-state index in [1.54, 1.807) is 14.2 Å². The third kappa shape index (κ3) is 3.37. The molecule has 0 bridgehead atoms. The van der Waals surface area contributed by atoms with Gasteiger partial charge < -0.3 is 14.8 Å². The maximum atomic E-state index is 5.32. The van der Waals surface area contributed by atoms with E-state index in [0.29, 0.717) is 6.54 Å². The lowest BCUT2D eigenvalue weighted by atomic mass is 10.2. The maximum absolute atomic E-state index is 5.32. The van der Waals surface area contributed by atoms with E-state index in [1.807, 2.05) is 37.4 Å². The highest BCUT2D eigenvalue weighted by Crippen LogP contribution is 2.29. The van der Waals surface area contributed by atoms with Crippen LogP contribution in [0.5, 0.6) is 11.5 Å². The summed E-state index contributed by atoms with van der Waals surface area (Å²) < 4.78 is 10.5. The molecule has 2 aromatic rings. The molecule has 19 heavy (non-hydrogen) atoms. The summed E-state index contributed by atoms with van der Waals surface area (Å²) in [5.74, 6) is 1.59. The molecule has 0 saturated heterocycles. The fourth-order valence-corrected chi connectivity index (χ4v) is 1.75. The van der Waals surface area contributed by atoms with Crippen molar-refractivity contribution in [1.29, 1.82) is 0 Å². The molecule has 1 aromatic carbocycles. The zero-order valence-corrected chi connectivity index (χ0v) is 11.4. The van der Waals surface area contributed by atoms with Crippen LogP contribution in [0, 0.1) is 6.92 Å². The summed E-state index contributed by atoms with van der Waals surface area (Å²) in [4.78, 5) is 4.27. The molecule has 1 aromatic heterocycles. The lowest BCUT2D eigenvalue weighted by Gasteiger charge is -2.12. The number of aryl methyl sites for hydroxylation is 1. The van der Waals surface area contributed by atoms with Gasteiger partial charge in [-0.25, -0.2) is 0 Å². The van der Waals surface area contributed by atoms with Crippen LogP contribution in [0.4, 0.5) is 5.69 Å². The number of hydrogen-bond acceptors (Lipinski definition) is 4. The lowest BCUT2D eigenvalue weighted by molar-refractivity contribution is 0.404. The molecule has 0 aliphatic rings. The molecule has 0 saturated carbocycles. The van der Waals surface area contributed by atoms with Crippen molar-refractivity contribution in [2.45, 2.75) is 13.5 Å². The topological polar surface area (TPSA) is 43.4 Å². The largest absolute Gasteiger partial charge is 0.497 e. The van der Waals surface area contributed by atoms with Crippen LogP contribution in [0.1, 0.15) is 11.3 Å². The summed E-state index contributed by atoms with van der Waals surface area (Å²) in [6.07, 6.45) is 1.87. The van der Waals surface area contributed by atoms with E-state index in [9.17, 15) is 0 Å². The van der Waals surface area contributed by atoms with Crippen LogP contribution in [0.2, 0.25) is 0 Å². The number of benzene rings is 1. The SMILES string of the molecule is COc1ccc(OC)c(NCc2ccc(C)nc2)c1. The molecule has 1 heterocycles. The Kier molecular flexibility index (Phi) is 4.23. The molecule has 1 N–H and O–H groups in total. The van der Waals surface area contributed by atoms with E-state index >= 15 is 0 Å². The molecule has 100 valence electrons. The number of anilines is 1. The molecule has 0 amide bonds. The number of pyridine rings is 1. The molecule has 0 aliphatic heterocycles. The van der Waals surface area contributed by atoms with Crippen molar-refractivity contribution in [3.05, 3.63) is 47.8 Å². The highest BCUT2D eigenvalue weighted by atomic mass is 16.5. The second-order valence-corrected chi connectivity index (χ2v) is 4.23. The second-order valence-electron chi connectivity index (χ2n) is 4.23. The van der Waals surface area contributed by atoms with Crippen LogP contribution in [-0.2, 0) is 6.54 Å². The number of rotatable bonds is 5. The molecule has 0 spiro atoms. The summed E-state index contributed by atoms with van der Waals surface area (Å²) in [5.41, 5.74) is 3.04. The maximum Gasteiger partial charge on any atom is 0.142 e. The lowest BCUT2D eigenvalue weighted by Crippen LogP contribution is -2.02. The first-order valence-electron chi connectivity index (χ1n) is 6.10. The number of ether oxygens (including phenoxy) is 2. The normalized spacial score (nSPS) is 10.1. The standard InChI is InChI=1S/C15H18N2O2/c1-11-4-5-12(9-16-11)10-17-14-8-13(18-2)6-7-15(14)19-3/h4-9,17H,10H2,1-3H3. The van der Waals surface area contributed by atoms with Gasteiger partial charge in [0.2, 0.25) is 0 Å². The Morgan fingerprint density at radius 2 is 1.95 bits per heavy atom. The number of methoxy groups -OCH3 is 2. The predicted octanol–water partition coefficient (Wildman–Crippen LogP) is 3.02. The van der Waals surface area contributed by atoms with E-state index in [0.717, 1.165) is 28.4 Å². The Bertz CT molecular complexity index is 538. The number of aromatic nitrogens is 1. The van der Waals surface area contributed by atoms with Gasteiger partial charge >= 0.3 is 0 Å². The zero-order chi connectivity index (χ0) is 13.7. The van der Waals surface area contributed by atoms with Gasteiger partial charge in [-0.1, -0.05) is 6.07 Å². The van der Waals surface area contributed by atoms with Crippen molar-refractivity contribution < 1.29 is 9.47 Å². The number of hydrogen-bond donors (Lipinski definition) is 1. The van der Waals surface area contributed by atoms with Crippen molar-refractivity contribution in [1.82, 2.24) is 4.98 Å². The Labute approximate surface area is 113 Å². The Balaban J connectivity index is 2.11. The Morgan fingerprint density at radius 1 is 1.11 bits per heavy atom. The van der Waals surface area contributed by atoms with Crippen LogP contribution in [0.25, 0.3) is 0 Å². The number of nitrogens with one attached hydrogen (secondary N) is 1. The minimum absolute atomic E-state index is 0.691.